The summed E-state index contributed by atoms with van der Waals surface area (Å²) in [6.07, 6.45) is 5.58. The van der Waals surface area contributed by atoms with Crippen LogP contribution in [0.1, 0.15) is 48.0 Å². The number of carbonyl (C=O) groups excluding carboxylic acids is 1. The van der Waals surface area contributed by atoms with E-state index >= 15 is 0 Å². The second-order valence-electron chi connectivity index (χ2n) is 4.74. The largest absolute Gasteiger partial charge is 0.349 e. The van der Waals surface area contributed by atoms with Crippen molar-refractivity contribution in [2.24, 2.45) is 0 Å². The van der Waals surface area contributed by atoms with Gasteiger partial charge in [0.1, 0.15) is 6.07 Å². The van der Waals surface area contributed by atoms with E-state index < -0.39 is 0 Å². The van der Waals surface area contributed by atoms with Crippen LogP contribution in [0.4, 0.5) is 0 Å². The summed E-state index contributed by atoms with van der Waals surface area (Å²) in [4.78, 5) is 12.1. The van der Waals surface area contributed by atoms with Gasteiger partial charge in [0, 0.05) is 11.6 Å². The monoisotopic (exact) mass is 296 g/mol. The van der Waals surface area contributed by atoms with Gasteiger partial charge in [0.05, 0.1) is 15.6 Å². The Bertz CT molecular complexity index is 508. The van der Waals surface area contributed by atoms with E-state index in [4.69, 9.17) is 28.5 Å². The second-order valence-corrected chi connectivity index (χ2v) is 5.55. The van der Waals surface area contributed by atoms with Crippen molar-refractivity contribution in [2.75, 3.05) is 0 Å². The number of hydrogen-bond donors (Lipinski definition) is 1. The smallest absolute Gasteiger partial charge is 0.251 e. The molecule has 100 valence electrons. The molecule has 0 radical (unpaired) electrons. The fourth-order valence-electron chi connectivity index (χ4n) is 2.33. The fourth-order valence-corrected chi connectivity index (χ4v) is 2.90. The van der Waals surface area contributed by atoms with Crippen LogP contribution in [0.5, 0.6) is 0 Å². The average molecular weight is 297 g/mol. The van der Waals surface area contributed by atoms with E-state index in [1.807, 2.05) is 6.07 Å². The lowest BCUT2D eigenvalue weighted by Gasteiger charge is -2.22. The van der Waals surface area contributed by atoms with Gasteiger partial charge >= 0.3 is 0 Å². The van der Waals surface area contributed by atoms with Crippen LogP contribution in [0.15, 0.2) is 12.1 Å². The Hall–Kier alpha value is -1.24. The highest BCUT2D eigenvalue weighted by atomic mass is 35.5. The van der Waals surface area contributed by atoms with Crippen LogP contribution in [0, 0.1) is 11.3 Å². The van der Waals surface area contributed by atoms with Crippen molar-refractivity contribution in [3.63, 3.8) is 0 Å². The first kappa shape index (κ1) is 14.2. The Balaban J connectivity index is 2.13. The van der Waals surface area contributed by atoms with Gasteiger partial charge in [0.25, 0.3) is 5.91 Å². The molecule has 1 fully saturated rings. The maximum Gasteiger partial charge on any atom is 0.251 e. The molecule has 0 heterocycles. The minimum absolute atomic E-state index is 0.180. The van der Waals surface area contributed by atoms with E-state index in [0.717, 1.165) is 25.7 Å². The standard InChI is InChI=1S/C14H14Cl2N2O/c15-12-6-9(7-13(16)11(12)8-17)14(19)18-10-4-2-1-3-5-10/h6-7,10H,1-5H2,(H,18,19). The SMILES string of the molecule is N#Cc1c(Cl)cc(C(=O)NC2CCCCC2)cc1Cl. The van der Waals surface area contributed by atoms with Crippen LogP contribution in [-0.2, 0) is 0 Å². The minimum atomic E-state index is -0.180. The lowest BCUT2D eigenvalue weighted by Crippen LogP contribution is -2.36. The number of nitriles is 1. The molecule has 1 N–H and O–H groups in total. The topological polar surface area (TPSA) is 52.9 Å². The quantitative estimate of drug-likeness (QED) is 0.899. The zero-order valence-electron chi connectivity index (χ0n) is 10.4. The molecule has 1 aliphatic rings. The van der Waals surface area contributed by atoms with Gasteiger partial charge in [-0.25, -0.2) is 0 Å². The van der Waals surface area contributed by atoms with Gasteiger partial charge < -0.3 is 5.32 Å². The summed E-state index contributed by atoms with van der Waals surface area (Å²) in [5.41, 5.74) is 0.608. The number of hydrogen-bond acceptors (Lipinski definition) is 2. The van der Waals surface area contributed by atoms with Crippen molar-refractivity contribution in [2.45, 2.75) is 38.1 Å². The third-order valence-electron chi connectivity index (χ3n) is 3.36. The van der Waals surface area contributed by atoms with E-state index in [1.54, 1.807) is 0 Å². The molecule has 0 saturated heterocycles. The lowest BCUT2D eigenvalue weighted by atomic mass is 9.95. The van der Waals surface area contributed by atoms with Gasteiger partial charge in [-0.3, -0.25) is 4.79 Å². The molecular weight excluding hydrogens is 283 g/mol. The molecule has 1 aromatic carbocycles. The number of halogens is 2. The molecule has 1 amide bonds. The Morgan fingerprint density at radius 1 is 1.21 bits per heavy atom. The van der Waals surface area contributed by atoms with Gasteiger partial charge in [0.15, 0.2) is 0 Å². The van der Waals surface area contributed by atoms with Crippen molar-refractivity contribution < 1.29 is 4.79 Å². The number of benzene rings is 1. The summed E-state index contributed by atoms with van der Waals surface area (Å²) in [6.45, 7) is 0. The van der Waals surface area contributed by atoms with Gasteiger partial charge in [0.2, 0.25) is 0 Å². The molecule has 1 aromatic rings. The van der Waals surface area contributed by atoms with E-state index in [2.05, 4.69) is 5.32 Å². The van der Waals surface area contributed by atoms with E-state index in [9.17, 15) is 4.79 Å². The number of amides is 1. The average Bonchev–Trinajstić information content (AvgIpc) is 2.39. The van der Waals surface area contributed by atoms with Crippen molar-refractivity contribution in [1.82, 2.24) is 5.32 Å². The predicted molar refractivity (Wildman–Crippen MR) is 75.5 cm³/mol. The van der Waals surface area contributed by atoms with E-state index in [1.165, 1.54) is 18.6 Å². The highest BCUT2D eigenvalue weighted by Crippen LogP contribution is 2.26. The molecule has 0 aromatic heterocycles. The van der Waals surface area contributed by atoms with E-state index in [-0.39, 0.29) is 27.6 Å². The normalized spacial score (nSPS) is 15.8. The number of nitrogens with zero attached hydrogens (tertiary/aromatic N) is 1. The summed E-state index contributed by atoms with van der Waals surface area (Å²) in [5, 5.41) is 12.3. The van der Waals surface area contributed by atoms with Gasteiger partial charge in [-0.05, 0) is 25.0 Å². The van der Waals surface area contributed by atoms with Crippen LogP contribution < -0.4 is 5.32 Å². The van der Waals surface area contributed by atoms with Crippen LogP contribution in [-0.4, -0.2) is 11.9 Å². The highest BCUT2D eigenvalue weighted by molar-refractivity contribution is 6.37. The maximum atomic E-state index is 12.1. The fraction of sp³-hybridized carbons (Fsp3) is 0.429. The summed E-state index contributed by atoms with van der Waals surface area (Å²) in [5.74, 6) is -0.180. The van der Waals surface area contributed by atoms with Gasteiger partial charge in [-0.15, -0.1) is 0 Å². The van der Waals surface area contributed by atoms with Crippen molar-refractivity contribution in [1.29, 1.82) is 5.26 Å². The molecule has 19 heavy (non-hydrogen) atoms. The number of nitrogens with one attached hydrogen (secondary N) is 1. The Labute approximate surface area is 122 Å². The molecule has 5 heteroatoms. The molecule has 1 saturated carbocycles. The van der Waals surface area contributed by atoms with Gasteiger partial charge in [-0.2, -0.15) is 5.26 Å². The Morgan fingerprint density at radius 2 is 1.79 bits per heavy atom. The summed E-state index contributed by atoms with van der Waals surface area (Å²) < 4.78 is 0. The molecule has 2 rings (SSSR count). The summed E-state index contributed by atoms with van der Waals surface area (Å²) >= 11 is 11.9. The highest BCUT2D eigenvalue weighted by Gasteiger charge is 2.18. The number of carbonyl (C=O) groups is 1. The Kier molecular flexibility index (Phi) is 4.68. The molecule has 3 nitrogen and oxygen atoms in total. The first-order chi connectivity index (χ1) is 9.11. The van der Waals surface area contributed by atoms with Crippen LogP contribution >= 0.6 is 23.2 Å². The van der Waals surface area contributed by atoms with Crippen molar-refractivity contribution >= 4 is 29.1 Å². The molecule has 0 spiro atoms. The van der Waals surface area contributed by atoms with Gasteiger partial charge in [-0.1, -0.05) is 42.5 Å². The molecule has 0 aliphatic heterocycles. The first-order valence-electron chi connectivity index (χ1n) is 6.32. The lowest BCUT2D eigenvalue weighted by molar-refractivity contribution is 0.0927. The van der Waals surface area contributed by atoms with Crippen molar-refractivity contribution in [3.8, 4) is 6.07 Å². The minimum Gasteiger partial charge on any atom is -0.349 e. The molecular formula is C14H14Cl2N2O. The summed E-state index contributed by atoms with van der Waals surface area (Å²) in [7, 11) is 0. The molecule has 0 unspecified atom stereocenters. The van der Waals surface area contributed by atoms with Crippen LogP contribution in [0.2, 0.25) is 10.0 Å². The second kappa shape index (κ2) is 6.27. The maximum absolute atomic E-state index is 12.1. The first-order valence-corrected chi connectivity index (χ1v) is 7.07. The predicted octanol–water partition coefficient (Wildman–Crippen LogP) is 3.93. The molecule has 1 aliphatic carbocycles. The molecule has 0 atom stereocenters. The Morgan fingerprint density at radius 3 is 2.32 bits per heavy atom. The van der Waals surface area contributed by atoms with Crippen LogP contribution in [0.25, 0.3) is 0 Å². The number of rotatable bonds is 2. The zero-order chi connectivity index (χ0) is 13.8. The third kappa shape index (κ3) is 3.40. The van der Waals surface area contributed by atoms with E-state index in [0.29, 0.717) is 5.56 Å². The third-order valence-corrected chi connectivity index (χ3v) is 3.95. The molecule has 0 bridgehead atoms. The van der Waals surface area contributed by atoms with Crippen LogP contribution in [0.3, 0.4) is 0 Å². The van der Waals surface area contributed by atoms with Crippen molar-refractivity contribution in [3.05, 3.63) is 33.3 Å². The zero-order valence-corrected chi connectivity index (χ0v) is 11.9. The summed E-state index contributed by atoms with van der Waals surface area (Å²) in [6, 6.07) is 5.13.